The van der Waals surface area contributed by atoms with E-state index in [0.29, 0.717) is 17.2 Å². The maximum absolute atomic E-state index is 12.0. The Hall–Kier alpha value is -1.78. The fourth-order valence-corrected chi connectivity index (χ4v) is 2.59. The molecule has 1 aromatic carbocycles. The van der Waals surface area contributed by atoms with Crippen LogP contribution >= 0.6 is 23.2 Å². The second-order valence-corrected chi connectivity index (χ2v) is 5.37. The summed E-state index contributed by atoms with van der Waals surface area (Å²) < 4.78 is 5.36. The lowest BCUT2D eigenvalue weighted by atomic mass is 10.0. The average Bonchev–Trinajstić information content (AvgIpc) is 3.16. The first-order chi connectivity index (χ1) is 10.2. The van der Waals surface area contributed by atoms with Crippen molar-refractivity contribution in [3.8, 4) is 0 Å². The van der Waals surface area contributed by atoms with Crippen molar-refractivity contribution in [2.75, 3.05) is 5.88 Å². The predicted octanol–water partition coefficient (Wildman–Crippen LogP) is 3.85. The quantitative estimate of drug-likeness (QED) is 0.806. The lowest BCUT2D eigenvalue weighted by Gasteiger charge is -2.21. The number of amides is 1. The standard InChI is InChI=1S/C15H12Cl2N2O2/c16-9-15(20)19-13(10-3-5-11(17)6-4-10)8-12(18-19)14-2-1-7-21-14/h1-7,13H,8-9H2. The second-order valence-electron chi connectivity index (χ2n) is 4.67. The van der Waals surface area contributed by atoms with Crippen LogP contribution < -0.4 is 0 Å². The van der Waals surface area contributed by atoms with E-state index in [4.69, 9.17) is 27.6 Å². The number of hydrazone groups is 1. The average molecular weight is 323 g/mol. The molecule has 0 fully saturated rings. The van der Waals surface area contributed by atoms with Crippen LogP contribution in [0.25, 0.3) is 0 Å². The van der Waals surface area contributed by atoms with Gasteiger partial charge in [0.2, 0.25) is 0 Å². The minimum atomic E-state index is -0.238. The summed E-state index contributed by atoms with van der Waals surface area (Å²) in [6, 6.07) is 10.8. The Kier molecular flexibility index (Phi) is 3.99. The van der Waals surface area contributed by atoms with Gasteiger partial charge in [0.1, 0.15) is 17.4 Å². The van der Waals surface area contributed by atoms with E-state index in [2.05, 4.69) is 5.10 Å². The van der Waals surface area contributed by atoms with Crippen molar-refractivity contribution in [3.05, 3.63) is 59.0 Å². The van der Waals surface area contributed by atoms with E-state index in [-0.39, 0.29) is 17.8 Å². The molecular weight excluding hydrogens is 311 g/mol. The molecule has 0 aliphatic carbocycles. The van der Waals surface area contributed by atoms with Crippen LogP contribution in [0, 0.1) is 0 Å². The molecular formula is C15H12Cl2N2O2. The van der Waals surface area contributed by atoms with Crippen molar-refractivity contribution in [3.63, 3.8) is 0 Å². The first-order valence-electron chi connectivity index (χ1n) is 6.44. The number of furan rings is 1. The number of carbonyl (C=O) groups is 1. The van der Waals surface area contributed by atoms with Gasteiger partial charge in [0.15, 0.2) is 0 Å². The number of hydrogen-bond donors (Lipinski definition) is 0. The molecule has 2 heterocycles. The topological polar surface area (TPSA) is 45.8 Å². The van der Waals surface area contributed by atoms with Gasteiger partial charge >= 0.3 is 0 Å². The summed E-state index contributed by atoms with van der Waals surface area (Å²) in [6.07, 6.45) is 2.17. The molecule has 0 saturated carbocycles. The van der Waals surface area contributed by atoms with E-state index >= 15 is 0 Å². The van der Waals surface area contributed by atoms with Crippen LogP contribution in [-0.4, -0.2) is 22.5 Å². The zero-order valence-corrected chi connectivity index (χ0v) is 12.5. The number of rotatable bonds is 3. The molecule has 1 atom stereocenters. The number of benzene rings is 1. The van der Waals surface area contributed by atoms with Crippen molar-refractivity contribution < 1.29 is 9.21 Å². The maximum Gasteiger partial charge on any atom is 0.258 e. The number of alkyl halides is 1. The van der Waals surface area contributed by atoms with Gasteiger partial charge in [0.25, 0.3) is 5.91 Å². The Labute approximate surface area is 131 Å². The van der Waals surface area contributed by atoms with Crippen LogP contribution in [0.1, 0.15) is 23.8 Å². The molecule has 0 N–H and O–H groups in total. The molecule has 1 unspecified atom stereocenters. The third kappa shape index (κ3) is 2.82. The third-order valence-corrected chi connectivity index (χ3v) is 3.82. The van der Waals surface area contributed by atoms with Crippen molar-refractivity contribution in [2.45, 2.75) is 12.5 Å². The van der Waals surface area contributed by atoms with Crippen molar-refractivity contribution in [2.24, 2.45) is 5.10 Å². The predicted molar refractivity (Wildman–Crippen MR) is 81.6 cm³/mol. The van der Waals surface area contributed by atoms with Gasteiger partial charge in [-0.3, -0.25) is 4.79 Å². The summed E-state index contributed by atoms with van der Waals surface area (Å²) >= 11 is 11.6. The van der Waals surface area contributed by atoms with Gasteiger partial charge in [-0.2, -0.15) is 5.10 Å². The van der Waals surface area contributed by atoms with E-state index in [0.717, 1.165) is 11.3 Å². The Morgan fingerprint density at radius 1 is 1.33 bits per heavy atom. The van der Waals surface area contributed by atoms with Gasteiger partial charge in [-0.15, -0.1) is 11.6 Å². The van der Waals surface area contributed by atoms with E-state index < -0.39 is 0 Å². The Bertz CT molecular complexity index is 665. The maximum atomic E-state index is 12.0. The minimum absolute atomic E-state index is 0.112. The van der Waals surface area contributed by atoms with Crippen LogP contribution in [0.4, 0.5) is 0 Å². The highest BCUT2D eigenvalue weighted by atomic mass is 35.5. The van der Waals surface area contributed by atoms with Gasteiger partial charge in [-0.25, -0.2) is 5.01 Å². The molecule has 1 aromatic heterocycles. The number of nitrogens with zero attached hydrogens (tertiary/aromatic N) is 2. The van der Waals surface area contributed by atoms with Crippen LogP contribution in [0.3, 0.4) is 0 Å². The molecule has 108 valence electrons. The molecule has 1 amide bonds. The smallest absolute Gasteiger partial charge is 0.258 e. The SMILES string of the molecule is O=C(CCl)N1N=C(c2ccco2)CC1c1ccc(Cl)cc1. The highest BCUT2D eigenvalue weighted by Crippen LogP contribution is 2.33. The van der Waals surface area contributed by atoms with Gasteiger partial charge in [-0.05, 0) is 29.8 Å². The number of halogens is 2. The summed E-state index contributed by atoms with van der Waals surface area (Å²) in [5.74, 6) is 0.316. The van der Waals surface area contributed by atoms with E-state index in [1.54, 1.807) is 24.5 Å². The molecule has 0 bridgehead atoms. The van der Waals surface area contributed by atoms with Gasteiger partial charge in [0, 0.05) is 11.4 Å². The molecule has 1 aliphatic rings. The first kappa shape index (κ1) is 14.2. The Balaban J connectivity index is 1.93. The van der Waals surface area contributed by atoms with E-state index in [1.807, 2.05) is 18.2 Å². The zero-order valence-electron chi connectivity index (χ0n) is 11.0. The van der Waals surface area contributed by atoms with Gasteiger partial charge in [-0.1, -0.05) is 23.7 Å². The van der Waals surface area contributed by atoms with Crippen molar-refractivity contribution in [1.82, 2.24) is 5.01 Å². The van der Waals surface area contributed by atoms with Crippen molar-refractivity contribution >= 4 is 34.8 Å². The Morgan fingerprint density at radius 2 is 2.10 bits per heavy atom. The molecule has 0 radical (unpaired) electrons. The second kappa shape index (κ2) is 5.92. The summed E-state index contributed by atoms with van der Waals surface area (Å²) in [7, 11) is 0. The van der Waals surface area contributed by atoms with Gasteiger partial charge in [0.05, 0.1) is 12.3 Å². The normalized spacial score (nSPS) is 17.9. The van der Waals surface area contributed by atoms with E-state index in [1.165, 1.54) is 5.01 Å². The lowest BCUT2D eigenvalue weighted by molar-refractivity contribution is -0.130. The molecule has 3 rings (SSSR count). The summed E-state index contributed by atoms with van der Waals surface area (Å²) in [5.41, 5.74) is 1.70. The highest BCUT2D eigenvalue weighted by molar-refractivity contribution is 6.30. The fourth-order valence-electron chi connectivity index (χ4n) is 2.34. The largest absolute Gasteiger partial charge is 0.463 e. The number of carbonyl (C=O) groups excluding carboxylic acids is 1. The van der Waals surface area contributed by atoms with Crippen LogP contribution in [-0.2, 0) is 4.79 Å². The minimum Gasteiger partial charge on any atom is -0.463 e. The molecule has 2 aromatic rings. The number of hydrogen-bond acceptors (Lipinski definition) is 3. The fraction of sp³-hybridized carbons (Fsp3) is 0.200. The summed E-state index contributed by atoms with van der Waals surface area (Å²) in [5, 5.41) is 6.45. The first-order valence-corrected chi connectivity index (χ1v) is 7.35. The molecule has 0 saturated heterocycles. The Morgan fingerprint density at radius 3 is 2.71 bits per heavy atom. The highest BCUT2D eigenvalue weighted by Gasteiger charge is 2.33. The summed E-state index contributed by atoms with van der Waals surface area (Å²) in [4.78, 5) is 12.0. The van der Waals surface area contributed by atoms with Gasteiger partial charge < -0.3 is 4.42 Å². The van der Waals surface area contributed by atoms with E-state index in [9.17, 15) is 4.79 Å². The molecule has 6 heteroatoms. The molecule has 1 aliphatic heterocycles. The zero-order chi connectivity index (χ0) is 14.8. The third-order valence-electron chi connectivity index (χ3n) is 3.34. The monoisotopic (exact) mass is 322 g/mol. The lowest BCUT2D eigenvalue weighted by Crippen LogP contribution is -2.27. The summed E-state index contributed by atoms with van der Waals surface area (Å²) in [6.45, 7) is 0. The molecule has 21 heavy (non-hydrogen) atoms. The van der Waals surface area contributed by atoms with Crippen LogP contribution in [0.15, 0.2) is 52.2 Å². The molecule has 0 spiro atoms. The molecule has 4 nitrogen and oxygen atoms in total. The van der Waals surface area contributed by atoms with Crippen LogP contribution in [0.2, 0.25) is 5.02 Å². The van der Waals surface area contributed by atoms with Crippen molar-refractivity contribution in [1.29, 1.82) is 0 Å². The van der Waals surface area contributed by atoms with Crippen LogP contribution in [0.5, 0.6) is 0 Å².